The second-order valence-corrected chi connectivity index (χ2v) is 4.20. The number of aromatic nitrogens is 1. The quantitative estimate of drug-likeness (QED) is 0.779. The van der Waals surface area contributed by atoms with E-state index in [0.717, 1.165) is 30.2 Å². The summed E-state index contributed by atoms with van der Waals surface area (Å²) in [6.45, 7) is 6.30. The smallest absolute Gasteiger partial charge is 0.139 e. The van der Waals surface area contributed by atoms with Crippen molar-refractivity contribution < 1.29 is 4.74 Å². The number of thiocarbonyl (C=S) groups is 1. The molecule has 0 aliphatic heterocycles. The number of hydrogen-bond acceptors (Lipinski definition) is 4. The van der Waals surface area contributed by atoms with E-state index in [4.69, 9.17) is 22.7 Å². The summed E-state index contributed by atoms with van der Waals surface area (Å²) >= 11 is 5.05. The molecule has 0 radical (unpaired) electrons. The van der Waals surface area contributed by atoms with Gasteiger partial charge in [-0.05, 0) is 26.0 Å². The highest BCUT2D eigenvalue weighted by molar-refractivity contribution is 7.80. The molecule has 0 unspecified atom stereocenters. The summed E-state index contributed by atoms with van der Waals surface area (Å²) < 4.78 is 5.09. The van der Waals surface area contributed by atoms with Gasteiger partial charge in [0, 0.05) is 25.9 Å². The minimum absolute atomic E-state index is 0.378. The minimum Gasteiger partial charge on any atom is -0.389 e. The van der Waals surface area contributed by atoms with Crippen LogP contribution in [0.25, 0.3) is 0 Å². The van der Waals surface area contributed by atoms with Gasteiger partial charge in [-0.15, -0.1) is 0 Å². The van der Waals surface area contributed by atoms with Crippen LogP contribution in [0.5, 0.6) is 0 Å². The third-order valence-corrected chi connectivity index (χ3v) is 2.75. The molecule has 0 aromatic carbocycles. The number of rotatable bonds is 6. The first-order valence-corrected chi connectivity index (χ1v) is 6.02. The predicted octanol–water partition coefficient (Wildman–Crippen LogP) is 1.50. The Labute approximate surface area is 108 Å². The second-order valence-electron chi connectivity index (χ2n) is 3.76. The molecule has 0 saturated carbocycles. The van der Waals surface area contributed by atoms with E-state index in [1.807, 2.05) is 19.1 Å². The number of anilines is 1. The van der Waals surface area contributed by atoms with Gasteiger partial charge in [0.1, 0.15) is 10.8 Å². The number of methoxy groups -OCH3 is 1. The standard InChI is InChI=1S/C12H19N3OS/c1-4-15(7-8-16-3)12-10(11(13)17)6-5-9(2)14-12/h5-6H,4,7-8H2,1-3H3,(H2,13,17). The molecular formula is C12H19N3OS. The largest absolute Gasteiger partial charge is 0.389 e. The Morgan fingerprint density at radius 2 is 2.24 bits per heavy atom. The lowest BCUT2D eigenvalue weighted by atomic mass is 10.2. The first-order valence-electron chi connectivity index (χ1n) is 5.61. The van der Waals surface area contributed by atoms with Crippen molar-refractivity contribution in [2.24, 2.45) is 5.73 Å². The van der Waals surface area contributed by atoms with Gasteiger partial charge in [0.15, 0.2) is 0 Å². The molecule has 17 heavy (non-hydrogen) atoms. The molecule has 1 aromatic rings. The van der Waals surface area contributed by atoms with Gasteiger partial charge in [0.2, 0.25) is 0 Å². The Balaban J connectivity index is 3.06. The van der Waals surface area contributed by atoms with Crippen LogP contribution >= 0.6 is 12.2 Å². The van der Waals surface area contributed by atoms with Gasteiger partial charge in [-0.25, -0.2) is 4.98 Å². The minimum atomic E-state index is 0.378. The van der Waals surface area contributed by atoms with Gasteiger partial charge in [0.05, 0.1) is 12.2 Å². The Hall–Kier alpha value is -1.20. The maximum atomic E-state index is 5.72. The summed E-state index contributed by atoms with van der Waals surface area (Å²) in [6, 6.07) is 3.84. The summed E-state index contributed by atoms with van der Waals surface area (Å²) in [7, 11) is 1.69. The molecule has 0 fully saturated rings. The Kier molecular flexibility index (Phi) is 5.31. The second kappa shape index (κ2) is 6.51. The van der Waals surface area contributed by atoms with E-state index in [1.54, 1.807) is 7.11 Å². The average Bonchev–Trinajstić information content (AvgIpc) is 2.29. The molecule has 5 heteroatoms. The van der Waals surface area contributed by atoms with E-state index < -0.39 is 0 Å². The van der Waals surface area contributed by atoms with Gasteiger partial charge in [-0.2, -0.15) is 0 Å². The SMILES string of the molecule is CCN(CCOC)c1nc(C)ccc1C(N)=S. The summed E-state index contributed by atoms with van der Waals surface area (Å²) in [4.78, 5) is 7.02. The first kappa shape index (κ1) is 13.9. The molecule has 0 amide bonds. The molecule has 94 valence electrons. The van der Waals surface area contributed by atoms with Crippen molar-refractivity contribution >= 4 is 23.0 Å². The summed E-state index contributed by atoms with van der Waals surface area (Å²) in [5, 5.41) is 0. The highest BCUT2D eigenvalue weighted by Gasteiger charge is 2.13. The molecular weight excluding hydrogens is 234 g/mol. The van der Waals surface area contributed by atoms with Gasteiger partial charge in [0.25, 0.3) is 0 Å². The predicted molar refractivity (Wildman–Crippen MR) is 74.6 cm³/mol. The van der Waals surface area contributed by atoms with Gasteiger partial charge >= 0.3 is 0 Å². The van der Waals surface area contributed by atoms with Crippen LogP contribution in [0, 0.1) is 6.92 Å². The molecule has 1 rings (SSSR count). The molecule has 0 spiro atoms. The highest BCUT2D eigenvalue weighted by atomic mass is 32.1. The molecule has 4 nitrogen and oxygen atoms in total. The van der Waals surface area contributed by atoms with Crippen LogP contribution in [0.2, 0.25) is 0 Å². The fourth-order valence-electron chi connectivity index (χ4n) is 1.59. The third kappa shape index (κ3) is 3.64. The zero-order valence-electron chi connectivity index (χ0n) is 10.6. The van der Waals surface area contributed by atoms with Crippen LogP contribution in [0.1, 0.15) is 18.2 Å². The zero-order chi connectivity index (χ0) is 12.8. The lowest BCUT2D eigenvalue weighted by Crippen LogP contribution is -2.30. The number of nitrogens with zero attached hydrogens (tertiary/aromatic N) is 2. The molecule has 0 atom stereocenters. The molecule has 1 aromatic heterocycles. The zero-order valence-corrected chi connectivity index (χ0v) is 11.4. The van der Waals surface area contributed by atoms with Crippen molar-refractivity contribution in [3.63, 3.8) is 0 Å². The monoisotopic (exact) mass is 253 g/mol. The lowest BCUT2D eigenvalue weighted by Gasteiger charge is -2.24. The Bertz CT molecular complexity index is 395. The highest BCUT2D eigenvalue weighted by Crippen LogP contribution is 2.18. The van der Waals surface area contributed by atoms with Gasteiger partial charge < -0.3 is 15.4 Å². The van der Waals surface area contributed by atoms with Crippen LogP contribution < -0.4 is 10.6 Å². The molecule has 0 aliphatic carbocycles. The van der Waals surface area contributed by atoms with Crippen LogP contribution in [0.4, 0.5) is 5.82 Å². The number of likely N-dealkylation sites (N-methyl/N-ethyl adjacent to an activating group) is 1. The van der Waals surface area contributed by atoms with Gasteiger partial charge in [-0.3, -0.25) is 0 Å². The van der Waals surface area contributed by atoms with Crippen molar-refractivity contribution in [3.8, 4) is 0 Å². The maximum Gasteiger partial charge on any atom is 0.139 e. The van der Waals surface area contributed by atoms with E-state index in [9.17, 15) is 0 Å². The molecule has 2 N–H and O–H groups in total. The molecule has 0 bridgehead atoms. The Morgan fingerprint density at radius 3 is 2.76 bits per heavy atom. The van der Waals surface area contributed by atoms with Crippen LogP contribution in [0.15, 0.2) is 12.1 Å². The first-order chi connectivity index (χ1) is 8.10. The number of pyridine rings is 1. The Morgan fingerprint density at radius 1 is 1.53 bits per heavy atom. The van der Waals surface area contributed by atoms with Gasteiger partial charge in [-0.1, -0.05) is 12.2 Å². The number of aryl methyl sites for hydroxylation is 1. The lowest BCUT2D eigenvalue weighted by molar-refractivity contribution is 0.205. The van der Waals surface area contributed by atoms with E-state index >= 15 is 0 Å². The molecule has 0 saturated heterocycles. The van der Waals surface area contributed by atoms with Crippen molar-refractivity contribution in [1.29, 1.82) is 0 Å². The molecule has 1 heterocycles. The van der Waals surface area contributed by atoms with Crippen molar-refractivity contribution in [1.82, 2.24) is 4.98 Å². The van der Waals surface area contributed by atoms with E-state index in [-0.39, 0.29) is 0 Å². The number of nitrogens with two attached hydrogens (primary N) is 1. The molecule has 0 aliphatic rings. The number of hydrogen-bond donors (Lipinski definition) is 1. The normalized spacial score (nSPS) is 10.3. The maximum absolute atomic E-state index is 5.72. The van der Waals surface area contributed by atoms with E-state index in [2.05, 4.69) is 16.8 Å². The fraction of sp³-hybridized carbons (Fsp3) is 0.500. The van der Waals surface area contributed by atoms with Crippen molar-refractivity contribution in [3.05, 3.63) is 23.4 Å². The topological polar surface area (TPSA) is 51.4 Å². The third-order valence-electron chi connectivity index (χ3n) is 2.53. The van der Waals surface area contributed by atoms with Crippen LogP contribution in [-0.4, -0.2) is 36.8 Å². The van der Waals surface area contributed by atoms with Crippen LogP contribution in [-0.2, 0) is 4.74 Å². The van der Waals surface area contributed by atoms with E-state index in [1.165, 1.54) is 0 Å². The van der Waals surface area contributed by atoms with Crippen molar-refractivity contribution in [2.75, 3.05) is 31.7 Å². The number of ether oxygens (including phenoxy) is 1. The average molecular weight is 253 g/mol. The fourth-order valence-corrected chi connectivity index (χ4v) is 1.75. The van der Waals surface area contributed by atoms with Crippen LogP contribution in [0.3, 0.4) is 0 Å². The van der Waals surface area contributed by atoms with Crippen molar-refractivity contribution in [2.45, 2.75) is 13.8 Å². The van der Waals surface area contributed by atoms with E-state index in [0.29, 0.717) is 11.6 Å². The summed E-state index contributed by atoms with van der Waals surface area (Å²) in [6.07, 6.45) is 0. The summed E-state index contributed by atoms with van der Waals surface area (Å²) in [5.74, 6) is 0.844. The summed E-state index contributed by atoms with van der Waals surface area (Å²) in [5.41, 5.74) is 7.50.